The van der Waals surface area contributed by atoms with Crippen molar-refractivity contribution >= 4 is 56.6 Å². The average Bonchev–Trinajstić information content (AvgIpc) is 2.48. The Morgan fingerprint density at radius 3 is 2.29 bits per heavy atom. The summed E-state index contributed by atoms with van der Waals surface area (Å²) in [5, 5.41) is 0.875. The quantitative estimate of drug-likeness (QED) is 0.762. The number of primary amides is 1. The van der Waals surface area contributed by atoms with Crippen LogP contribution >= 0.6 is 34.8 Å². The van der Waals surface area contributed by atoms with Gasteiger partial charge in [0.1, 0.15) is 4.91 Å². The second kappa shape index (κ2) is 7.57. The number of hydrogen-bond donors (Lipinski definition) is 1. The van der Waals surface area contributed by atoms with E-state index < -0.39 is 26.4 Å². The van der Waals surface area contributed by atoms with Gasteiger partial charge in [0.05, 0.1) is 5.75 Å². The number of halogens is 3. The van der Waals surface area contributed by atoms with Gasteiger partial charge in [0.2, 0.25) is 0 Å². The molecule has 0 fully saturated rings. The first kappa shape index (κ1) is 18.8. The summed E-state index contributed by atoms with van der Waals surface area (Å²) in [6.07, 6.45) is 1.13. The average molecular weight is 405 g/mol. The van der Waals surface area contributed by atoms with E-state index in [0.717, 1.165) is 6.08 Å². The summed E-state index contributed by atoms with van der Waals surface area (Å²) < 4.78 is 25.2. The first-order chi connectivity index (χ1) is 11.2. The van der Waals surface area contributed by atoms with Crippen molar-refractivity contribution in [2.45, 2.75) is 5.75 Å². The predicted octanol–water partition coefficient (Wildman–Crippen LogP) is 4.09. The molecule has 2 rings (SSSR count). The van der Waals surface area contributed by atoms with E-state index in [9.17, 15) is 13.2 Å². The molecule has 0 aliphatic rings. The topological polar surface area (TPSA) is 77.2 Å². The van der Waals surface area contributed by atoms with Gasteiger partial charge in [-0.2, -0.15) is 0 Å². The van der Waals surface area contributed by atoms with Crippen LogP contribution < -0.4 is 5.73 Å². The third-order valence-corrected chi connectivity index (χ3v) is 5.74. The fraction of sp³-hybridized carbons (Fsp3) is 0.0625. The lowest BCUT2D eigenvalue weighted by Crippen LogP contribution is -2.22. The zero-order valence-electron chi connectivity index (χ0n) is 12.2. The minimum absolute atomic E-state index is 0.203. The maximum absolute atomic E-state index is 12.6. The van der Waals surface area contributed by atoms with Gasteiger partial charge in [0.15, 0.2) is 9.84 Å². The fourth-order valence-corrected chi connectivity index (χ4v) is 4.15. The summed E-state index contributed by atoms with van der Waals surface area (Å²) in [6, 6.07) is 10.9. The lowest BCUT2D eigenvalue weighted by molar-refractivity contribution is -0.113. The molecule has 1 amide bonds. The number of carbonyl (C=O) groups excluding carboxylic acids is 1. The fourth-order valence-electron chi connectivity index (χ4n) is 1.97. The molecule has 0 atom stereocenters. The molecule has 0 bridgehead atoms. The van der Waals surface area contributed by atoms with Crippen LogP contribution in [-0.4, -0.2) is 14.3 Å². The van der Waals surface area contributed by atoms with Crippen LogP contribution in [0.4, 0.5) is 0 Å². The van der Waals surface area contributed by atoms with Crippen LogP contribution in [0, 0.1) is 0 Å². The Bertz CT molecular complexity index is 924. The van der Waals surface area contributed by atoms with Crippen LogP contribution in [0.25, 0.3) is 6.08 Å². The third-order valence-electron chi connectivity index (χ3n) is 3.13. The molecule has 4 nitrogen and oxygen atoms in total. The van der Waals surface area contributed by atoms with Crippen LogP contribution in [0.5, 0.6) is 0 Å². The van der Waals surface area contributed by atoms with Gasteiger partial charge < -0.3 is 5.73 Å². The summed E-state index contributed by atoms with van der Waals surface area (Å²) >= 11 is 17.8. The van der Waals surface area contributed by atoms with Gasteiger partial charge in [-0.25, -0.2) is 8.42 Å². The molecule has 0 saturated carbocycles. The molecule has 2 aromatic carbocycles. The molecule has 0 saturated heterocycles. The summed E-state index contributed by atoms with van der Waals surface area (Å²) in [7, 11) is -4.01. The predicted molar refractivity (Wildman–Crippen MR) is 97.7 cm³/mol. The Hall–Kier alpha value is -1.53. The molecule has 0 spiro atoms. The minimum atomic E-state index is -4.01. The maximum atomic E-state index is 12.6. The van der Waals surface area contributed by atoms with Gasteiger partial charge in [0, 0.05) is 15.1 Å². The van der Waals surface area contributed by atoms with E-state index in [1.54, 1.807) is 24.3 Å². The van der Waals surface area contributed by atoms with Crippen molar-refractivity contribution in [3.05, 3.63) is 73.6 Å². The normalized spacial score (nSPS) is 12.2. The summed E-state index contributed by atoms with van der Waals surface area (Å²) in [4.78, 5) is 11.1. The van der Waals surface area contributed by atoms with Gasteiger partial charge in [-0.3, -0.25) is 4.79 Å². The minimum Gasteiger partial charge on any atom is -0.365 e. The summed E-state index contributed by atoms with van der Waals surface area (Å²) in [5.41, 5.74) is 5.94. The van der Waals surface area contributed by atoms with Crippen LogP contribution in [0.3, 0.4) is 0 Å². The monoisotopic (exact) mass is 403 g/mol. The molecule has 24 heavy (non-hydrogen) atoms. The second-order valence-corrected chi connectivity index (χ2v) is 8.10. The lowest BCUT2D eigenvalue weighted by atomic mass is 10.2. The van der Waals surface area contributed by atoms with Crippen molar-refractivity contribution in [1.29, 1.82) is 0 Å². The molecule has 2 N–H and O–H groups in total. The largest absolute Gasteiger partial charge is 0.365 e. The highest BCUT2D eigenvalue weighted by Crippen LogP contribution is 2.26. The van der Waals surface area contributed by atoms with E-state index >= 15 is 0 Å². The molecule has 0 unspecified atom stereocenters. The smallest absolute Gasteiger partial charge is 0.260 e. The Balaban J connectivity index is 2.48. The van der Waals surface area contributed by atoms with Gasteiger partial charge in [-0.05, 0) is 35.4 Å². The first-order valence-electron chi connectivity index (χ1n) is 6.63. The van der Waals surface area contributed by atoms with Gasteiger partial charge >= 0.3 is 0 Å². The Kier molecular flexibility index (Phi) is 5.93. The highest BCUT2D eigenvalue weighted by molar-refractivity contribution is 7.95. The third kappa shape index (κ3) is 4.51. The summed E-state index contributed by atoms with van der Waals surface area (Å²) in [5.74, 6) is -1.53. The van der Waals surface area contributed by atoms with Gasteiger partial charge in [-0.1, -0.05) is 59.1 Å². The Labute approximate surface area is 154 Å². The van der Waals surface area contributed by atoms with Crippen molar-refractivity contribution < 1.29 is 13.2 Å². The van der Waals surface area contributed by atoms with Crippen molar-refractivity contribution in [3.8, 4) is 0 Å². The van der Waals surface area contributed by atoms with Gasteiger partial charge in [0.25, 0.3) is 5.91 Å². The van der Waals surface area contributed by atoms with E-state index in [0.29, 0.717) is 16.1 Å². The van der Waals surface area contributed by atoms with Crippen LogP contribution in [0.15, 0.2) is 47.4 Å². The van der Waals surface area contributed by atoms with Crippen molar-refractivity contribution in [3.63, 3.8) is 0 Å². The number of rotatable bonds is 5. The maximum Gasteiger partial charge on any atom is 0.260 e. The lowest BCUT2D eigenvalue weighted by Gasteiger charge is -2.08. The van der Waals surface area contributed by atoms with E-state index in [1.165, 1.54) is 18.2 Å². The first-order valence-corrected chi connectivity index (χ1v) is 9.42. The van der Waals surface area contributed by atoms with Crippen LogP contribution in [-0.2, 0) is 20.4 Å². The number of nitrogens with two attached hydrogens (primary N) is 1. The Morgan fingerprint density at radius 2 is 1.71 bits per heavy atom. The molecule has 0 radical (unpaired) electrons. The van der Waals surface area contributed by atoms with Crippen LogP contribution in [0.2, 0.25) is 15.1 Å². The van der Waals surface area contributed by atoms with E-state index in [1.807, 2.05) is 0 Å². The number of hydrogen-bond acceptors (Lipinski definition) is 3. The molecule has 2 aromatic rings. The highest BCUT2D eigenvalue weighted by Gasteiger charge is 2.24. The SMILES string of the molecule is NC(=O)C(=Cc1ccc(Cl)cc1Cl)S(=O)(=O)Cc1ccccc1Cl. The van der Waals surface area contributed by atoms with E-state index in [-0.39, 0.29) is 10.0 Å². The van der Waals surface area contributed by atoms with E-state index in [4.69, 9.17) is 40.5 Å². The van der Waals surface area contributed by atoms with Crippen molar-refractivity contribution in [1.82, 2.24) is 0 Å². The molecular formula is C16H12Cl3NO3S. The Morgan fingerprint density at radius 1 is 1.04 bits per heavy atom. The number of carbonyl (C=O) groups is 1. The zero-order chi connectivity index (χ0) is 17.9. The van der Waals surface area contributed by atoms with Crippen molar-refractivity contribution in [2.75, 3.05) is 0 Å². The summed E-state index contributed by atoms with van der Waals surface area (Å²) in [6.45, 7) is 0. The van der Waals surface area contributed by atoms with E-state index in [2.05, 4.69) is 0 Å². The number of amides is 1. The number of sulfone groups is 1. The van der Waals surface area contributed by atoms with Crippen LogP contribution in [0.1, 0.15) is 11.1 Å². The molecule has 8 heteroatoms. The molecule has 126 valence electrons. The second-order valence-electron chi connectivity index (χ2n) is 4.89. The molecule has 0 aliphatic heterocycles. The standard InChI is InChI=1S/C16H12Cl3NO3S/c17-12-6-5-10(14(19)8-12)7-15(16(20)21)24(22,23)9-11-3-1-2-4-13(11)18/h1-8H,9H2,(H2,20,21). The molecule has 0 heterocycles. The van der Waals surface area contributed by atoms with Crippen molar-refractivity contribution in [2.24, 2.45) is 5.73 Å². The highest BCUT2D eigenvalue weighted by atomic mass is 35.5. The molecular weight excluding hydrogens is 393 g/mol. The number of benzene rings is 2. The van der Waals surface area contributed by atoms with Gasteiger partial charge in [-0.15, -0.1) is 0 Å². The molecule has 0 aliphatic carbocycles. The zero-order valence-corrected chi connectivity index (χ0v) is 15.3. The molecule has 0 aromatic heterocycles.